The monoisotopic (exact) mass is 267 g/mol. The van der Waals surface area contributed by atoms with Gasteiger partial charge in [0, 0.05) is 16.9 Å². The van der Waals surface area contributed by atoms with Crippen molar-refractivity contribution in [1.82, 2.24) is 0 Å². The molecule has 0 radical (unpaired) electrons. The van der Waals surface area contributed by atoms with Crippen molar-refractivity contribution >= 4 is 5.97 Å². The van der Waals surface area contributed by atoms with Crippen molar-refractivity contribution in [2.45, 2.75) is 26.3 Å². The lowest BCUT2D eigenvalue weighted by molar-refractivity contribution is -0.496. The minimum atomic E-state index is -0.389. The molecule has 0 heterocycles. The van der Waals surface area contributed by atoms with Gasteiger partial charge in [-0.1, -0.05) is 12.1 Å². The smallest absolute Gasteiger partial charge is 0.305 e. The normalized spacial score (nSPS) is 9.95. The fourth-order valence-electron chi connectivity index (χ4n) is 1.52. The van der Waals surface area contributed by atoms with E-state index in [4.69, 9.17) is 9.47 Å². The van der Waals surface area contributed by atoms with Crippen LogP contribution in [0, 0.1) is 10.1 Å². The number of benzene rings is 1. The largest absolute Gasteiger partial charge is 0.494 e. The first-order valence-corrected chi connectivity index (χ1v) is 6.11. The molecule has 0 N–H and O–H groups in total. The van der Waals surface area contributed by atoms with Gasteiger partial charge in [-0.25, -0.2) is 0 Å². The van der Waals surface area contributed by atoms with Gasteiger partial charge in [0.15, 0.2) is 0 Å². The Labute approximate surface area is 111 Å². The molecular weight excluding hydrogens is 250 g/mol. The molecule has 6 heteroatoms. The Morgan fingerprint density at radius 3 is 2.89 bits per heavy atom. The van der Waals surface area contributed by atoms with Crippen molar-refractivity contribution in [3.63, 3.8) is 0 Å². The average molecular weight is 267 g/mol. The number of carbonyl (C=O) groups is 1. The van der Waals surface area contributed by atoms with E-state index >= 15 is 0 Å². The fourth-order valence-corrected chi connectivity index (χ4v) is 1.52. The van der Waals surface area contributed by atoms with Gasteiger partial charge in [-0.15, -0.1) is 0 Å². The van der Waals surface area contributed by atoms with Crippen molar-refractivity contribution in [2.75, 3.05) is 13.2 Å². The quantitative estimate of drug-likeness (QED) is 0.312. The molecule has 19 heavy (non-hydrogen) atoms. The summed E-state index contributed by atoms with van der Waals surface area (Å²) in [5.74, 6) is 0.330. The third kappa shape index (κ3) is 6.40. The summed E-state index contributed by atoms with van der Waals surface area (Å²) in [5.41, 5.74) is 0.591. The van der Waals surface area contributed by atoms with E-state index < -0.39 is 0 Å². The number of carbonyl (C=O) groups excluding carboxylic acids is 1. The predicted octanol–water partition coefficient (Wildman–Crippen LogP) is 2.19. The Hall–Kier alpha value is -2.11. The molecule has 0 bridgehead atoms. The van der Waals surface area contributed by atoms with Crippen LogP contribution < -0.4 is 4.74 Å². The Morgan fingerprint density at radius 2 is 2.21 bits per heavy atom. The van der Waals surface area contributed by atoms with Crippen LogP contribution in [0.2, 0.25) is 0 Å². The lowest BCUT2D eigenvalue weighted by Gasteiger charge is -2.06. The number of esters is 1. The molecule has 0 atom stereocenters. The number of nitro groups is 1. The van der Waals surface area contributed by atoms with Gasteiger partial charge in [0.2, 0.25) is 6.54 Å². The summed E-state index contributed by atoms with van der Waals surface area (Å²) in [6, 6.07) is 6.74. The zero-order chi connectivity index (χ0) is 14.1. The first-order chi connectivity index (χ1) is 9.11. The van der Waals surface area contributed by atoms with Crippen LogP contribution in [0.3, 0.4) is 0 Å². The highest BCUT2D eigenvalue weighted by atomic mass is 16.6. The van der Waals surface area contributed by atoms with E-state index in [2.05, 4.69) is 0 Å². The number of hydrogen-bond acceptors (Lipinski definition) is 5. The first kappa shape index (κ1) is 14.9. The maximum Gasteiger partial charge on any atom is 0.305 e. The third-order valence-electron chi connectivity index (χ3n) is 2.31. The van der Waals surface area contributed by atoms with E-state index in [1.807, 2.05) is 0 Å². The van der Waals surface area contributed by atoms with E-state index in [9.17, 15) is 14.9 Å². The molecular formula is C13H17NO5. The average Bonchev–Trinajstić information content (AvgIpc) is 2.35. The molecule has 0 aromatic heterocycles. The lowest BCUT2D eigenvalue weighted by atomic mass is 10.2. The van der Waals surface area contributed by atoms with Crippen LogP contribution in [0.15, 0.2) is 24.3 Å². The second kappa shape index (κ2) is 8.07. The van der Waals surface area contributed by atoms with Crippen molar-refractivity contribution in [3.05, 3.63) is 39.9 Å². The van der Waals surface area contributed by atoms with Gasteiger partial charge >= 0.3 is 5.97 Å². The van der Waals surface area contributed by atoms with Crippen LogP contribution >= 0.6 is 0 Å². The molecule has 0 aliphatic rings. The highest BCUT2D eigenvalue weighted by Crippen LogP contribution is 2.14. The SMILES string of the molecule is CCOC(=O)CCCOc1cccc(C[N+](=O)[O-])c1. The van der Waals surface area contributed by atoms with Crippen LogP contribution in [0.5, 0.6) is 5.75 Å². The second-order valence-corrected chi connectivity index (χ2v) is 3.90. The van der Waals surface area contributed by atoms with Crippen LogP contribution in [0.4, 0.5) is 0 Å². The Morgan fingerprint density at radius 1 is 1.42 bits per heavy atom. The van der Waals surface area contributed by atoms with Crippen LogP contribution in [-0.2, 0) is 16.1 Å². The highest BCUT2D eigenvalue weighted by Gasteiger charge is 2.04. The topological polar surface area (TPSA) is 78.7 Å². The predicted molar refractivity (Wildman–Crippen MR) is 68.5 cm³/mol. The molecule has 1 aromatic rings. The summed E-state index contributed by atoms with van der Waals surface area (Å²) < 4.78 is 10.2. The van der Waals surface area contributed by atoms with Crippen LogP contribution in [0.25, 0.3) is 0 Å². The van der Waals surface area contributed by atoms with Gasteiger partial charge in [-0.3, -0.25) is 14.9 Å². The van der Waals surface area contributed by atoms with E-state index in [1.165, 1.54) is 0 Å². The minimum absolute atomic E-state index is 0.222. The molecule has 0 saturated heterocycles. The molecule has 0 aliphatic carbocycles. The molecule has 0 saturated carbocycles. The molecule has 1 aromatic carbocycles. The number of hydrogen-bond donors (Lipinski definition) is 0. The lowest BCUT2D eigenvalue weighted by Crippen LogP contribution is -2.07. The molecule has 0 fully saturated rings. The first-order valence-electron chi connectivity index (χ1n) is 6.11. The Balaban J connectivity index is 2.33. The molecule has 0 spiro atoms. The van der Waals surface area contributed by atoms with Crippen molar-refractivity contribution in [1.29, 1.82) is 0 Å². The van der Waals surface area contributed by atoms with E-state index in [0.717, 1.165) is 0 Å². The summed E-state index contributed by atoms with van der Waals surface area (Å²) in [7, 11) is 0. The molecule has 104 valence electrons. The summed E-state index contributed by atoms with van der Waals surface area (Å²) in [6.07, 6.45) is 0.862. The zero-order valence-electron chi connectivity index (χ0n) is 10.8. The molecule has 6 nitrogen and oxygen atoms in total. The van der Waals surface area contributed by atoms with Crippen LogP contribution in [0.1, 0.15) is 25.3 Å². The maximum absolute atomic E-state index is 11.1. The summed E-state index contributed by atoms with van der Waals surface area (Å²) in [4.78, 5) is 21.1. The number of ether oxygens (including phenoxy) is 2. The summed E-state index contributed by atoms with van der Waals surface area (Å²) >= 11 is 0. The Bertz CT molecular complexity index is 433. The number of rotatable bonds is 8. The van der Waals surface area contributed by atoms with Gasteiger partial charge in [0.25, 0.3) is 0 Å². The van der Waals surface area contributed by atoms with Gasteiger partial charge in [0.05, 0.1) is 13.2 Å². The maximum atomic E-state index is 11.1. The van der Waals surface area contributed by atoms with Crippen molar-refractivity contribution < 1.29 is 19.2 Å². The molecule has 0 unspecified atom stereocenters. The molecule has 0 amide bonds. The highest BCUT2D eigenvalue weighted by molar-refractivity contribution is 5.69. The third-order valence-corrected chi connectivity index (χ3v) is 2.31. The fraction of sp³-hybridized carbons (Fsp3) is 0.462. The Kier molecular flexibility index (Phi) is 6.35. The van der Waals surface area contributed by atoms with Gasteiger partial charge in [0.1, 0.15) is 5.75 Å². The van der Waals surface area contributed by atoms with E-state index in [-0.39, 0.29) is 17.4 Å². The summed E-state index contributed by atoms with van der Waals surface area (Å²) in [5, 5.41) is 10.4. The number of nitrogens with zero attached hydrogens (tertiary/aromatic N) is 1. The van der Waals surface area contributed by atoms with Gasteiger partial charge in [-0.2, -0.15) is 0 Å². The van der Waals surface area contributed by atoms with Crippen molar-refractivity contribution in [3.8, 4) is 5.75 Å². The van der Waals surface area contributed by atoms with Gasteiger partial charge < -0.3 is 9.47 Å². The van der Waals surface area contributed by atoms with Gasteiger partial charge in [-0.05, 0) is 25.5 Å². The van der Waals surface area contributed by atoms with Crippen molar-refractivity contribution in [2.24, 2.45) is 0 Å². The zero-order valence-corrected chi connectivity index (χ0v) is 10.8. The standard InChI is InChI=1S/C13H17NO5/c1-2-18-13(15)7-4-8-19-12-6-3-5-11(9-12)10-14(16)17/h3,5-6,9H,2,4,7-8,10H2,1H3. The van der Waals surface area contributed by atoms with E-state index in [0.29, 0.717) is 37.4 Å². The molecule has 0 aliphatic heterocycles. The molecule has 1 rings (SSSR count). The second-order valence-electron chi connectivity index (χ2n) is 3.90. The minimum Gasteiger partial charge on any atom is -0.494 e. The summed E-state index contributed by atoms with van der Waals surface area (Å²) in [6.45, 7) is 2.29. The van der Waals surface area contributed by atoms with Crippen LogP contribution in [-0.4, -0.2) is 24.1 Å². The van der Waals surface area contributed by atoms with E-state index in [1.54, 1.807) is 31.2 Å².